The van der Waals surface area contributed by atoms with Crippen molar-refractivity contribution in [1.29, 1.82) is 0 Å². The van der Waals surface area contributed by atoms with Crippen LogP contribution in [0.1, 0.15) is 38.4 Å². The summed E-state index contributed by atoms with van der Waals surface area (Å²) in [6.07, 6.45) is 8.34. The molecule has 5 nitrogen and oxygen atoms in total. The van der Waals surface area contributed by atoms with E-state index in [0.29, 0.717) is 25.3 Å². The molecule has 20 heavy (non-hydrogen) atoms. The van der Waals surface area contributed by atoms with Crippen molar-refractivity contribution in [3.8, 4) is 12.3 Å². The molecule has 0 fully saturated rings. The largest absolute Gasteiger partial charge is 0.447 e. The highest BCUT2D eigenvalue weighted by Crippen LogP contribution is 2.13. The molecule has 0 saturated heterocycles. The van der Waals surface area contributed by atoms with Gasteiger partial charge in [-0.2, -0.15) is 0 Å². The van der Waals surface area contributed by atoms with Crippen LogP contribution >= 0.6 is 0 Å². The van der Waals surface area contributed by atoms with Crippen LogP contribution in [0.5, 0.6) is 0 Å². The molecule has 0 amide bonds. The highest BCUT2D eigenvalue weighted by Gasteiger charge is 2.17. The normalized spacial score (nSPS) is 11.4. The molecule has 0 atom stereocenters. The van der Waals surface area contributed by atoms with Crippen molar-refractivity contribution in [2.24, 2.45) is 0 Å². The zero-order valence-corrected chi connectivity index (χ0v) is 12.6. The van der Waals surface area contributed by atoms with Crippen LogP contribution in [0.3, 0.4) is 0 Å². The first-order chi connectivity index (χ1) is 9.60. The smallest absolute Gasteiger partial charge is 0.273 e. The minimum Gasteiger partial charge on any atom is -0.447 e. The maximum Gasteiger partial charge on any atom is 0.273 e. The number of hydrogen-bond donors (Lipinski definition) is 2. The fraction of sp³-hybridized carbons (Fsp3) is 0.571. The van der Waals surface area contributed by atoms with Crippen molar-refractivity contribution in [2.45, 2.75) is 44.2 Å². The molecule has 0 aliphatic carbocycles. The maximum absolute atomic E-state index is 11.9. The van der Waals surface area contributed by atoms with E-state index in [9.17, 15) is 8.42 Å². The van der Waals surface area contributed by atoms with Crippen LogP contribution in [0.2, 0.25) is 0 Å². The summed E-state index contributed by atoms with van der Waals surface area (Å²) < 4.78 is 31.7. The maximum atomic E-state index is 11.9. The highest BCUT2D eigenvalue weighted by atomic mass is 32.2. The Labute approximate surface area is 121 Å². The monoisotopic (exact) mass is 298 g/mol. The third-order valence-corrected chi connectivity index (χ3v) is 4.00. The van der Waals surface area contributed by atoms with Crippen molar-refractivity contribution in [3.63, 3.8) is 0 Å². The van der Waals surface area contributed by atoms with Gasteiger partial charge in [0.05, 0.1) is 6.54 Å². The van der Waals surface area contributed by atoms with Gasteiger partial charge in [-0.15, -0.1) is 12.3 Å². The van der Waals surface area contributed by atoms with Crippen LogP contribution in [0.4, 0.5) is 0 Å². The molecule has 0 radical (unpaired) electrons. The first-order valence-corrected chi connectivity index (χ1v) is 8.31. The zero-order chi connectivity index (χ0) is 14.8. The SMILES string of the molecule is C#CCCCCNS(=O)(=O)c1ccc(CNCCC)o1. The average Bonchev–Trinajstić information content (AvgIpc) is 2.88. The standard InChI is InChI=1S/C14H22N2O3S/c1-3-5-6-7-11-16-20(17,18)14-9-8-13(19-14)12-15-10-4-2/h1,8-9,15-16H,4-7,10-12H2,2H3. The Balaban J connectivity index is 2.45. The van der Waals surface area contributed by atoms with Gasteiger partial charge in [-0.1, -0.05) is 6.92 Å². The zero-order valence-electron chi connectivity index (χ0n) is 11.8. The predicted octanol–water partition coefficient (Wildman–Crippen LogP) is 1.86. The molecule has 6 heteroatoms. The quantitative estimate of drug-likeness (QED) is 0.511. The predicted molar refractivity (Wildman–Crippen MR) is 78.6 cm³/mol. The van der Waals surface area contributed by atoms with Crippen molar-refractivity contribution in [3.05, 3.63) is 17.9 Å². The molecule has 0 aliphatic rings. The van der Waals surface area contributed by atoms with E-state index in [4.69, 9.17) is 10.8 Å². The van der Waals surface area contributed by atoms with E-state index in [2.05, 4.69) is 22.9 Å². The second kappa shape index (κ2) is 8.80. The summed E-state index contributed by atoms with van der Waals surface area (Å²) in [7, 11) is -3.55. The van der Waals surface area contributed by atoms with Gasteiger partial charge in [-0.05, 0) is 37.9 Å². The Bertz CT molecular complexity index is 529. The molecule has 0 bridgehead atoms. The number of terminal acetylenes is 1. The third kappa shape index (κ3) is 5.78. The fourth-order valence-corrected chi connectivity index (χ4v) is 2.64. The Morgan fingerprint density at radius 1 is 1.30 bits per heavy atom. The van der Waals surface area contributed by atoms with E-state index in [1.54, 1.807) is 6.07 Å². The molecule has 1 aromatic heterocycles. The number of unbranched alkanes of at least 4 members (excludes halogenated alkanes) is 2. The summed E-state index contributed by atoms with van der Waals surface area (Å²) in [5, 5.41) is 3.12. The lowest BCUT2D eigenvalue weighted by Gasteiger charge is -2.03. The van der Waals surface area contributed by atoms with Crippen LogP contribution in [0, 0.1) is 12.3 Å². The van der Waals surface area contributed by atoms with Crippen molar-refractivity contribution < 1.29 is 12.8 Å². The Kier molecular flexibility index (Phi) is 7.37. The van der Waals surface area contributed by atoms with Crippen molar-refractivity contribution in [1.82, 2.24) is 10.0 Å². The lowest BCUT2D eigenvalue weighted by atomic mass is 10.2. The lowest BCUT2D eigenvalue weighted by molar-refractivity contribution is 0.400. The number of sulfonamides is 1. The molecule has 1 heterocycles. The molecular weight excluding hydrogens is 276 g/mol. The highest BCUT2D eigenvalue weighted by molar-refractivity contribution is 7.89. The summed E-state index contributed by atoms with van der Waals surface area (Å²) in [6, 6.07) is 3.16. The molecule has 1 aromatic rings. The number of furan rings is 1. The third-order valence-electron chi connectivity index (χ3n) is 2.67. The molecule has 0 aromatic carbocycles. The van der Waals surface area contributed by atoms with Crippen molar-refractivity contribution >= 4 is 10.0 Å². The Morgan fingerprint density at radius 2 is 2.10 bits per heavy atom. The minimum absolute atomic E-state index is 0.0391. The van der Waals surface area contributed by atoms with E-state index in [1.807, 2.05) is 0 Å². The lowest BCUT2D eigenvalue weighted by Crippen LogP contribution is -2.24. The molecule has 0 saturated carbocycles. The van der Waals surface area contributed by atoms with Gasteiger partial charge in [0.2, 0.25) is 5.09 Å². The molecule has 0 spiro atoms. The number of nitrogens with one attached hydrogen (secondary N) is 2. The van der Waals surface area contributed by atoms with E-state index in [-0.39, 0.29) is 5.09 Å². The summed E-state index contributed by atoms with van der Waals surface area (Å²) in [4.78, 5) is 0. The fourth-order valence-electron chi connectivity index (χ4n) is 1.62. The van der Waals surface area contributed by atoms with Crippen LogP contribution in [-0.4, -0.2) is 21.5 Å². The second-order valence-corrected chi connectivity index (χ2v) is 6.15. The van der Waals surface area contributed by atoms with E-state index in [0.717, 1.165) is 25.8 Å². The minimum atomic E-state index is -3.55. The molecule has 112 valence electrons. The average molecular weight is 298 g/mol. The Hall–Kier alpha value is -1.29. The number of hydrogen-bond acceptors (Lipinski definition) is 4. The van der Waals surface area contributed by atoms with E-state index in [1.165, 1.54) is 6.07 Å². The summed E-state index contributed by atoms with van der Waals surface area (Å²) >= 11 is 0. The van der Waals surface area contributed by atoms with E-state index < -0.39 is 10.0 Å². The molecule has 1 rings (SSSR count). The van der Waals surface area contributed by atoms with Gasteiger partial charge in [0, 0.05) is 13.0 Å². The van der Waals surface area contributed by atoms with Crippen molar-refractivity contribution in [2.75, 3.05) is 13.1 Å². The topological polar surface area (TPSA) is 71.3 Å². The second-order valence-electron chi connectivity index (χ2n) is 4.46. The van der Waals surface area contributed by atoms with Crippen LogP contribution < -0.4 is 10.0 Å². The summed E-state index contributed by atoms with van der Waals surface area (Å²) in [6.45, 7) is 3.84. The molecule has 0 unspecified atom stereocenters. The molecule has 0 aliphatic heterocycles. The summed E-state index contributed by atoms with van der Waals surface area (Å²) in [5.41, 5.74) is 0. The van der Waals surface area contributed by atoms with Crippen LogP contribution in [0.15, 0.2) is 21.6 Å². The van der Waals surface area contributed by atoms with Gasteiger partial charge in [0.1, 0.15) is 5.76 Å². The van der Waals surface area contributed by atoms with Gasteiger partial charge in [0.15, 0.2) is 0 Å². The van der Waals surface area contributed by atoms with Gasteiger partial charge < -0.3 is 9.73 Å². The van der Waals surface area contributed by atoms with E-state index >= 15 is 0 Å². The molecule has 2 N–H and O–H groups in total. The van der Waals surface area contributed by atoms with Crippen LogP contribution in [-0.2, 0) is 16.6 Å². The number of rotatable bonds is 10. The van der Waals surface area contributed by atoms with Gasteiger partial charge >= 0.3 is 0 Å². The first kappa shape index (κ1) is 16.8. The first-order valence-electron chi connectivity index (χ1n) is 6.82. The Morgan fingerprint density at radius 3 is 2.80 bits per heavy atom. The van der Waals surface area contributed by atoms with Gasteiger partial charge in [-0.25, -0.2) is 13.1 Å². The van der Waals surface area contributed by atoms with Gasteiger partial charge in [0.25, 0.3) is 10.0 Å². The van der Waals surface area contributed by atoms with Crippen LogP contribution in [0.25, 0.3) is 0 Å². The summed E-state index contributed by atoms with van der Waals surface area (Å²) in [5.74, 6) is 3.14. The molecular formula is C14H22N2O3S. The van der Waals surface area contributed by atoms with Gasteiger partial charge in [-0.3, -0.25) is 0 Å².